The van der Waals surface area contributed by atoms with Gasteiger partial charge in [-0.1, -0.05) is 23.2 Å². The van der Waals surface area contributed by atoms with Crippen LogP contribution >= 0.6 is 35.0 Å². The van der Waals surface area contributed by atoms with Gasteiger partial charge < -0.3 is 5.73 Å². The van der Waals surface area contributed by atoms with E-state index in [0.29, 0.717) is 26.4 Å². The van der Waals surface area contributed by atoms with Gasteiger partial charge >= 0.3 is 0 Å². The minimum Gasteiger partial charge on any atom is -0.399 e. The maximum absolute atomic E-state index is 10.9. The zero-order valence-electron chi connectivity index (χ0n) is 8.54. The highest BCUT2D eigenvalue weighted by Gasteiger charge is 2.09. The third-order valence-corrected chi connectivity index (χ3v) is 4.88. The maximum Gasteiger partial charge on any atom is 0.148 e. The van der Waals surface area contributed by atoms with Gasteiger partial charge in [-0.25, -0.2) is 8.42 Å². The summed E-state index contributed by atoms with van der Waals surface area (Å²) in [7, 11) is -2.96. The quantitative estimate of drug-likeness (QED) is 0.686. The smallest absolute Gasteiger partial charge is 0.148 e. The number of thioether (sulfide) groups is 1. The van der Waals surface area contributed by atoms with Crippen LogP contribution in [-0.2, 0) is 9.84 Å². The van der Waals surface area contributed by atoms with Crippen LogP contribution in [0.5, 0.6) is 0 Å². The van der Waals surface area contributed by atoms with Crippen LogP contribution in [0, 0.1) is 0 Å². The molecule has 0 aliphatic carbocycles. The van der Waals surface area contributed by atoms with E-state index in [1.807, 2.05) is 0 Å². The van der Waals surface area contributed by atoms with Crippen molar-refractivity contribution in [1.29, 1.82) is 0 Å². The average molecular weight is 300 g/mol. The van der Waals surface area contributed by atoms with Crippen LogP contribution in [0.1, 0.15) is 0 Å². The third kappa shape index (κ3) is 4.41. The highest BCUT2D eigenvalue weighted by molar-refractivity contribution is 8.00. The van der Waals surface area contributed by atoms with Crippen LogP contribution in [0.4, 0.5) is 5.69 Å². The fourth-order valence-corrected chi connectivity index (χ4v) is 3.99. The Kier molecular flexibility index (Phi) is 4.79. The van der Waals surface area contributed by atoms with Crippen LogP contribution in [0.15, 0.2) is 17.0 Å². The maximum atomic E-state index is 10.9. The summed E-state index contributed by atoms with van der Waals surface area (Å²) < 4.78 is 21.9. The molecule has 3 nitrogen and oxygen atoms in total. The lowest BCUT2D eigenvalue weighted by atomic mass is 10.3. The standard InChI is InChI=1S/C9H11Cl2NO2S2/c1-16(13,14)3-2-15-9-7(10)4-6(12)5-8(9)11/h4-5H,2-3,12H2,1H3. The molecule has 1 aromatic carbocycles. The number of benzene rings is 1. The Morgan fingerprint density at radius 3 is 2.25 bits per heavy atom. The van der Waals surface area contributed by atoms with Crippen LogP contribution in [-0.4, -0.2) is 26.2 Å². The van der Waals surface area contributed by atoms with Crippen molar-refractivity contribution in [3.8, 4) is 0 Å². The second-order valence-electron chi connectivity index (χ2n) is 3.29. The lowest BCUT2D eigenvalue weighted by molar-refractivity contribution is 0.603. The number of nitrogen functional groups attached to an aromatic ring is 1. The summed E-state index contributed by atoms with van der Waals surface area (Å²) in [5.41, 5.74) is 6.04. The highest BCUT2D eigenvalue weighted by Crippen LogP contribution is 2.35. The molecule has 0 fully saturated rings. The van der Waals surface area contributed by atoms with Gasteiger partial charge in [0.2, 0.25) is 0 Å². The summed E-state index contributed by atoms with van der Waals surface area (Å²) in [4.78, 5) is 0.668. The van der Waals surface area contributed by atoms with E-state index in [0.717, 1.165) is 0 Å². The molecule has 16 heavy (non-hydrogen) atoms. The van der Waals surface area contributed by atoms with E-state index in [4.69, 9.17) is 28.9 Å². The van der Waals surface area contributed by atoms with E-state index in [-0.39, 0.29) is 5.75 Å². The Labute approximate surface area is 109 Å². The molecule has 0 aliphatic rings. The van der Waals surface area contributed by atoms with Gasteiger partial charge in [-0.05, 0) is 12.1 Å². The molecular formula is C9H11Cl2NO2S2. The van der Waals surface area contributed by atoms with Gasteiger partial charge in [0.05, 0.1) is 15.8 Å². The van der Waals surface area contributed by atoms with E-state index in [1.54, 1.807) is 12.1 Å². The summed E-state index contributed by atoms with van der Waals surface area (Å²) in [6, 6.07) is 3.19. The zero-order chi connectivity index (χ0) is 12.3. The number of sulfone groups is 1. The van der Waals surface area contributed by atoms with E-state index in [2.05, 4.69) is 0 Å². The predicted octanol–water partition coefficient (Wildman–Crippen LogP) is 2.71. The Bertz CT molecular complexity index is 465. The van der Waals surface area contributed by atoms with Crippen molar-refractivity contribution in [1.82, 2.24) is 0 Å². The Balaban J connectivity index is 2.75. The van der Waals surface area contributed by atoms with E-state index < -0.39 is 9.84 Å². The van der Waals surface area contributed by atoms with Crippen LogP contribution in [0.2, 0.25) is 10.0 Å². The Morgan fingerprint density at radius 2 is 1.81 bits per heavy atom. The second kappa shape index (κ2) is 5.49. The van der Waals surface area contributed by atoms with Gasteiger partial charge in [0.1, 0.15) is 9.84 Å². The molecule has 0 bridgehead atoms. The van der Waals surface area contributed by atoms with E-state index in [9.17, 15) is 8.42 Å². The summed E-state index contributed by atoms with van der Waals surface area (Å²) in [6.45, 7) is 0. The van der Waals surface area contributed by atoms with Crippen LogP contribution in [0.25, 0.3) is 0 Å². The number of nitrogens with two attached hydrogens (primary N) is 1. The largest absolute Gasteiger partial charge is 0.399 e. The summed E-state index contributed by atoms with van der Waals surface area (Å²) in [6.07, 6.45) is 1.19. The molecule has 0 unspecified atom stereocenters. The number of halogens is 2. The first-order valence-electron chi connectivity index (χ1n) is 4.34. The van der Waals surface area contributed by atoms with Crippen molar-refractivity contribution in [2.24, 2.45) is 0 Å². The first kappa shape index (κ1) is 14.0. The lowest BCUT2D eigenvalue weighted by Gasteiger charge is -2.07. The molecule has 0 aromatic heterocycles. The fraction of sp³-hybridized carbons (Fsp3) is 0.333. The first-order chi connectivity index (χ1) is 7.29. The van der Waals surface area contributed by atoms with E-state index >= 15 is 0 Å². The molecule has 90 valence electrons. The van der Waals surface area contributed by atoms with Crippen LogP contribution < -0.4 is 5.73 Å². The van der Waals surface area contributed by atoms with Gasteiger partial charge in [-0.15, -0.1) is 11.8 Å². The minimum absolute atomic E-state index is 0.0920. The molecule has 0 saturated heterocycles. The molecule has 0 atom stereocenters. The summed E-state index contributed by atoms with van der Waals surface area (Å²) >= 11 is 13.2. The van der Waals surface area contributed by atoms with Gasteiger partial charge in [-0.2, -0.15) is 0 Å². The molecular weight excluding hydrogens is 289 g/mol. The Hall–Kier alpha value is -0.100. The van der Waals surface area contributed by atoms with Crippen molar-refractivity contribution in [3.63, 3.8) is 0 Å². The molecule has 0 aliphatic heterocycles. The number of anilines is 1. The number of rotatable bonds is 4. The topological polar surface area (TPSA) is 60.2 Å². The van der Waals surface area contributed by atoms with E-state index in [1.165, 1.54) is 18.0 Å². The van der Waals surface area contributed by atoms with Gasteiger partial charge in [0.25, 0.3) is 0 Å². The summed E-state index contributed by atoms with van der Waals surface area (Å²) in [5.74, 6) is 0.511. The Morgan fingerprint density at radius 1 is 1.31 bits per heavy atom. The fourth-order valence-electron chi connectivity index (χ4n) is 1.01. The summed E-state index contributed by atoms with van der Waals surface area (Å²) in [5, 5.41) is 0.895. The number of hydrogen-bond acceptors (Lipinski definition) is 4. The SMILES string of the molecule is CS(=O)(=O)CCSc1c(Cl)cc(N)cc1Cl. The molecule has 0 saturated carbocycles. The monoisotopic (exact) mass is 299 g/mol. The normalized spacial score (nSPS) is 11.7. The second-order valence-corrected chi connectivity index (χ2v) is 7.47. The van der Waals surface area contributed by atoms with Crippen molar-refractivity contribution in [2.45, 2.75) is 4.90 Å². The molecule has 1 rings (SSSR count). The van der Waals surface area contributed by atoms with Crippen molar-refractivity contribution in [3.05, 3.63) is 22.2 Å². The van der Waals surface area contributed by atoms with Gasteiger partial charge in [-0.3, -0.25) is 0 Å². The third-order valence-electron chi connectivity index (χ3n) is 1.72. The first-order valence-corrected chi connectivity index (χ1v) is 8.15. The van der Waals surface area contributed by atoms with Crippen molar-refractivity contribution < 1.29 is 8.42 Å². The van der Waals surface area contributed by atoms with Crippen molar-refractivity contribution in [2.75, 3.05) is 23.5 Å². The molecule has 1 aromatic rings. The van der Waals surface area contributed by atoms with Crippen LogP contribution in [0.3, 0.4) is 0 Å². The lowest BCUT2D eigenvalue weighted by Crippen LogP contribution is -2.05. The van der Waals surface area contributed by atoms with Gasteiger partial charge in [0.15, 0.2) is 0 Å². The van der Waals surface area contributed by atoms with Gasteiger partial charge in [0, 0.05) is 22.6 Å². The minimum atomic E-state index is -2.96. The molecule has 2 N–H and O–H groups in total. The molecule has 0 radical (unpaired) electrons. The molecule has 0 spiro atoms. The predicted molar refractivity (Wildman–Crippen MR) is 71.3 cm³/mol. The zero-order valence-corrected chi connectivity index (χ0v) is 11.7. The van der Waals surface area contributed by atoms with Crippen molar-refractivity contribution >= 4 is 50.5 Å². The highest BCUT2D eigenvalue weighted by atomic mass is 35.5. The molecule has 7 heteroatoms. The molecule has 0 amide bonds. The average Bonchev–Trinajstić information content (AvgIpc) is 2.07. The molecule has 0 heterocycles. The number of hydrogen-bond donors (Lipinski definition) is 1.